The predicted octanol–water partition coefficient (Wildman–Crippen LogP) is 2.14. The summed E-state index contributed by atoms with van der Waals surface area (Å²) < 4.78 is 0. The number of hydrogen-bond acceptors (Lipinski definition) is 3. The Hall–Kier alpha value is -1.12. The predicted molar refractivity (Wildman–Crippen MR) is 54.4 cm³/mol. The number of aromatic nitrogens is 2. The third-order valence-corrected chi connectivity index (χ3v) is 2.33. The quantitative estimate of drug-likeness (QED) is 0.773. The largest absolute Gasteiger partial charge is 0.368 e. The van der Waals surface area contributed by atoms with Gasteiger partial charge >= 0.3 is 0 Å². The molecule has 1 heterocycles. The molecule has 0 saturated carbocycles. The molecule has 0 unspecified atom stereocenters. The normalized spacial score (nSPS) is 11.6. The Balaban J connectivity index is 2.87. The second-order valence-electron chi connectivity index (χ2n) is 3.96. The standard InChI is InChI=1S/C10H17N3/c1-4-5-10(2,3)8-6-12-9(11)13-7-8/h6-7H,4-5H2,1-3H3,(H2,11,12,13). The number of anilines is 1. The minimum atomic E-state index is 0.155. The lowest BCUT2D eigenvalue weighted by molar-refractivity contribution is 0.470. The fourth-order valence-corrected chi connectivity index (χ4v) is 1.46. The monoisotopic (exact) mass is 179 g/mol. The molecule has 0 amide bonds. The first-order valence-corrected chi connectivity index (χ1v) is 4.64. The molecule has 1 aromatic rings. The van der Waals surface area contributed by atoms with Crippen LogP contribution in [-0.2, 0) is 5.41 Å². The lowest BCUT2D eigenvalue weighted by atomic mass is 9.82. The van der Waals surface area contributed by atoms with E-state index in [1.165, 1.54) is 0 Å². The summed E-state index contributed by atoms with van der Waals surface area (Å²) in [5.41, 5.74) is 6.73. The van der Waals surface area contributed by atoms with Gasteiger partial charge < -0.3 is 5.73 Å². The van der Waals surface area contributed by atoms with Crippen LogP contribution in [0.15, 0.2) is 12.4 Å². The molecule has 2 N–H and O–H groups in total. The fourth-order valence-electron chi connectivity index (χ4n) is 1.46. The van der Waals surface area contributed by atoms with E-state index in [9.17, 15) is 0 Å². The van der Waals surface area contributed by atoms with E-state index in [4.69, 9.17) is 5.73 Å². The molecule has 72 valence electrons. The van der Waals surface area contributed by atoms with Gasteiger partial charge in [-0.1, -0.05) is 27.2 Å². The van der Waals surface area contributed by atoms with Crippen LogP contribution in [0, 0.1) is 0 Å². The highest BCUT2D eigenvalue weighted by Gasteiger charge is 2.19. The van der Waals surface area contributed by atoms with Crippen LogP contribution in [0.2, 0.25) is 0 Å². The molecule has 0 radical (unpaired) electrons. The summed E-state index contributed by atoms with van der Waals surface area (Å²) in [6.07, 6.45) is 5.94. The highest BCUT2D eigenvalue weighted by Crippen LogP contribution is 2.26. The second-order valence-corrected chi connectivity index (χ2v) is 3.96. The molecule has 0 aliphatic heterocycles. The maximum atomic E-state index is 5.42. The molecule has 0 bridgehead atoms. The molecule has 0 saturated heterocycles. The molecule has 3 nitrogen and oxygen atoms in total. The van der Waals surface area contributed by atoms with Crippen molar-refractivity contribution in [3.05, 3.63) is 18.0 Å². The smallest absolute Gasteiger partial charge is 0.219 e. The molecule has 13 heavy (non-hydrogen) atoms. The minimum Gasteiger partial charge on any atom is -0.368 e. The molecule has 0 aromatic carbocycles. The van der Waals surface area contributed by atoms with Gasteiger partial charge in [0.25, 0.3) is 0 Å². The highest BCUT2D eigenvalue weighted by atomic mass is 15.0. The van der Waals surface area contributed by atoms with Gasteiger partial charge in [-0.25, -0.2) is 9.97 Å². The Morgan fingerprint density at radius 2 is 1.85 bits per heavy atom. The van der Waals surface area contributed by atoms with Crippen molar-refractivity contribution in [2.45, 2.75) is 39.0 Å². The van der Waals surface area contributed by atoms with Crippen molar-refractivity contribution in [1.29, 1.82) is 0 Å². The lowest BCUT2D eigenvalue weighted by Crippen LogP contribution is -2.17. The summed E-state index contributed by atoms with van der Waals surface area (Å²) in [6.45, 7) is 6.58. The van der Waals surface area contributed by atoms with Gasteiger partial charge in [0.05, 0.1) is 0 Å². The van der Waals surface area contributed by atoms with E-state index in [2.05, 4.69) is 30.7 Å². The Labute approximate surface area is 79.4 Å². The summed E-state index contributed by atoms with van der Waals surface area (Å²) >= 11 is 0. The summed E-state index contributed by atoms with van der Waals surface area (Å²) in [5, 5.41) is 0. The maximum absolute atomic E-state index is 5.42. The molecule has 1 aromatic heterocycles. The first-order chi connectivity index (χ1) is 6.06. The van der Waals surface area contributed by atoms with Gasteiger partial charge in [-0.05, 0) is 17.4 Å². The first-order valence-electron chi connectivity index (χ1n) is 4.64. The highest BCUT2D eigenvalue weighted by molar-refractivity contribution is 5.22. The van der Waals surface area contributed by atoms with Gasteiger partial charge in [-0.15, -0.1) is 0 Å². The van der Waals surface area contributed by atoms with Gasteiger partial charge in [0.2, 0.25) is 5.95 Å². The van der Waals surface area contributed by atoms with Gasteiger partial charge in [-0.2, -0.15) is 0 Å². The van der Waals surface area contributed by atoms with Crippen molar-refractivity contribution in [2.24, 2.45) is 0 Å². The van der Waals surface area contributed by atoms with E-state index in [1.807, 2.05) is 12.4 Å². The average Bonchev–Trinajstić information content (AvgIpc) is 2.05. The van der Waals surface area contributed by atoms with Crippen molar-refractivity contribution in [1.82, 2.24) is 9.97 Å². The number of rotatable bonds is 3. The molecule has 0 aliphatic carbocycles. The molecule has 1 rings (SSSR count). The second kappa shape index (κ2) is 3.73. The van der Waals surface area contributed by atoms with Gasteiger partial charge in [0.1, 0.15) is 0 Å². The summed E-state index contributed by atoms with van der Waals surface area (Å²) in [4.78, 5) is 7.99. The van der Waals surface area contributed by atoms with Crippen molar-refractivity contribution in [3.63, 3.8) is 0 Å². The van der Waals surface area contributed by atoms with E-state index in [0.717, 1.165) is 18.4 Å². The molecular weight excluding hydrogens is 162 g/mol. The van der Waals surface area contributed by atoms with Crippen molar-refractivity contribution in [3.8, 4) is 0 Å². The van der Waals surface area contributed by atoms with Crippen LogP contribution in [0.3, 0.4) is 0 Å². The first kappa shape index (κ1) is 9.96. The average molecular weight is 179 g/mol. The number of hydrogen-bond donors (Lipinski definition) is 1. The minimum absolute atomic E-state index is 0.155. The van der Waals surface area contributed by atoms with Gasteiger partial charge in [0, 0.05) is 12.4 Å². The van der Waals surface area contributed by atoms with Crippen LogP contribution in [0.1, 0.15) is 39.2 Å². The van der Waals surface area contributed by atoms with Crippen LogP contribution >= 0.6 is 0 Å². The zero-order valence-electron chi connectivity index (χ0n) is 8.54. The molecule has 0 atom stereocenters. The van der Waals surface area contributed by atoms with Crippen molar-refractivity contribution >= 4 is 5.95 Å². The molecule has 0 aliphatic rings. The Morgan fingerprint density at radius 3 is 2.31 bits per heavy atom. The molecule has 0 fully saturated rings. The van der Waals surface area contributed by atoms with E-state index in [0.29, 0.717) is 5.95 Å². The Bertz CT molecular complexity index is 264. The zero-order chi connectivity index (χ0) is 9.90. The summed E-state index contributed by atoms with van der Waals surface area (Å²) in [5.74, 6) is 0.344. The Morgan fingerprint density at radius 1 is 1.31 bits per heavy atom. The van der Waals surface area contributed by atoms with E-state index in [1.54, 1.807) is 0 Å². The van der Waals surface area contributed by atoms with Gasteiger partial charge in [0.15, 0.2) is 0 Å². The lowest BCUT2D eigenvalue weighted by Gasteiger charge is -2.23. The number of nitrogen functional groups attached to an aromatic ring is 1. The SMILES string of the molecule is CCCC(C)(C)c1cnc(N)nc1. The topological polar surface area (TPSA) is 51.8 Å². The number of nitrogens with zero attached hydrogens (tertiary/aromatic N) is 2. The molecule has 0 spiro atoms. The summed E-state index contributed by atoms with van der Waals surface area (Å²) in [6, 6.07) is 0. The van der Waals surface area contributed by atoms with Gasteiger partial charge in [-0.3, -0.25) is 0 Å². The van der Waals surface area contributed by atoms with Crippen LogP contribution in [0.5, 0.6) is 0 Å². The summed E-state index contributed by atoms with van der Waals surface area (Å²) in [7, 11) is 0. The molecular formula is C10H17N3. The van der Waals surface area contributed by atoms with E-state index in [-0.39, 0.29) is 5.41 Å². The third-order valence-electron chi connectivity index (χ3n) is 2.33. The maximum Gasteiger partial charge on any atom is 0.219 e. The van der Waals surface area contributed by atoms with Crippen LogP contribution in [0.25, 0.3) is 0 Å². The van der Waals surface area contributed by atoms with Crippen molar-refractivity contribution in [2.75, 3.05) is 5.73 Å². The zero-order valence-corrected chi connectivity index (χ0v) is 8.54. The Kier molecular flexibility index (Phi) is 2.86. The van der Waals surface area contributed by atoms with Crippen LogP contribution < -0.4 is 5.73 Å². The number of nitrogens with two attached hydrogens (primary N) is 1. The fraction of sp³-hybridized carbons (Fsp3) is 0.600. The van der Waals surface area contributed by atoms with Crippen molar-refractivity contribution < 1.29 is 0 Å². The molecule has 3 heteroatoms. The van der Waals surface area contributed by atoms with E-state index < -0.39 is 0 Å². The third kappa shape index (κ3) is 2.41. The van der Waals surface area contributed by atoms with E-state index >= 15 is 0 Å². The van der Waals surface area contributed by atoms with Crippen LogP contribution in [0.4, 0.5) is 5.95 Å². The van der Waals surface area contributed by atoms with Crippen LogP contribution in [-0.4, -0.2) is 9.97 Å².